The third kappa shape index (κ3) is 5.16. The van der Waals surface area contributed by atoms with Gasteiger partial charge in [-0.25, -0.2) is 0 Å². The van der Waals surface area contributed by atoms with Gasteiger partial charge < -0.3 is 9.80 Å². The summed E-state index contributed by atoms with van der Waals surface area (Å²) in [5, 5.41) is 0. The molecule has 0 saturated heterocycles. The summed E-state index contributed by atoms with van der Waals surface area (Å²) in [4.78, 5) is 4.87. The summed E-state index contributed by atoms with van der Waals surface area (Å²) in [5.41, 5.74) is 23.8. The van der Waals surface area contributed by atoms with Gasteiger partial charge in [-0.2, -0.15) is 0 Å². The van der Waals surface area contributed by atoms with Gasteiger partial charge in [-0.15, -0.1) is 0 Å². The van der Waals surface area contributed by atoms with Crippen LogP contribution in [0.4, 0.5) is 34.1 Å². The number of fused-ring (bicyclic) bond motifs is 12. The fourth-order valence-electron chi connectivity index (χ4n) is 12.0. The SMILES string of the molecule is c1ccc(N(c2ccc(N(c3ccccc3)c3ccc4c(c3)C3(Cc5ccccc5C3)c3ccccc3-4)cc2)c2ccc3c(c2)C2(Cc4ccccc4C2)c2ccccc2-3)cc1. The van der Waals surface area contributed by atoms with Gasteiger partial charge in [0.2, 0.25) is 0 Å². The van der Waals surface area contributed by atoms with Crippen LogP contribution in [0, 0.1) is 0 Å². The number of hydrogen-bond donors (Lipinski definition) is 0. The van der Waals surface area contributed by atoms with E-state index in [1.165, 1.54) is 78.1 Å². The molecule has 2 heteroatoms. The highest BCUT2D eigenvalue weighted by Crippen LogP contribution is 2.58. The van der Waals surface area contributed by atoms with Crippen LogP contribution in [0.5, 0.6) is 0 Å². The van der Waals surface area contributed by atoms with E-state index < -0.39 is 0 Å². The van der Waals surface area contributed by atoms with Crippen LogP contribution in [0.1, 0.15) is 44.5 Å². The predicted molar refractivity (Wildman–Crippen MR) is 256 cm³/mol. The van der Waals surface area contributed by atoms with E-state index in [2.05, 4.69) is 228 Å². The first-order valence-corrected chi connectivity index (χ1v) is 22.1. The van der Waals surface area contributed by atoms with E-state index in [4.69, 9.17) is 0 Å². The number of hydrogen-bond acceptors (Lipinski definition) is 2. The van der Waals surface area contributed by atoms with Crippen molar-refractivity contribution in [2.24, 2.45) is 0 Å². The fourth-order valence-corrected chi connectivity index (χ4v) is 12.0. The molecule has 9 aromatic carbocycles. The lowest BCUT2D eigenvalue weighted by Crippen LogP contribution is -2.26. The third-order valence-electron chi connectivity index (χ3n) is 14.6. The Morgan fingerprint density at radius 2 is 0.532 bits per heavy atom. The lowest BCUT2D eigenvalue weighted by molar-refractivity contribution is 0.563. The fraction of sp³-hybridized carbons (Fsp3) is 0.100. The highest BCUT2D eigenvalue weighted by atomic mass is 15.2. The van der Waals surface area contributed by atoms with Crippen molar-refractivity contribution in [2.45, 2.75) is 36.5 Å². The van der Waals surface area contributed by atoms with E-state index in [1.54, 1.807) is 0 Å². The van der Waals surface area contributed by atoms with Crippen molar-refractivity contribution in [2.75, 3.05) is 9.80 Å². The first-order valence-electron chi connectivity index (χ1n) is 22.1. The van der Waals surface area contributed by atoms with Gasteiger partial charge in [0, 0.05) is 45.0 Å². The van der Waals surface area contributed by atoms with Crippen LogP contribution in [0.25, 0.3) is 22.3 Å². The molecule has 62 heavy (non-hydrogen) atoms. The van der Waals surface area contributed by atoms with E-state index in [1.807, 2.05) is 0 Å². The van der Waals surface area contributed by atoms with Crippen LogP contribution >= 0.6 is 0 Å². The minimum absolute atomic E-state index is 0.0783. The number of benzene rings is 9. The second kappa shape index (κ2) is 13.5. The largest absolute Gasteiger partial charge is 0.310 e. The summed E-state index contributed by atoms with van der Waals surface area (Å²) in [5.74, 6) is 0. The van der Waals surface area contributed by atoms with Gasteiger partial charge >= 0.3 is 0 Å². The Morgan fingerprint density at radius 3 is 0.919 bits per heavy atom. The van der Waals surface area contributed by atoms with Gasteiger partial charge in [-0.3, -0.25) is 0 Å². The standard InChI is InChI=1S/C60H44N2/c1-3-19-45(20-4-1)61(49-31-33-53-51-23-11-13-25-55(51)59(57(53)35-49)37-41-15-7-8-16-42(41)38-59)47-27-29-48(30-28-47)62(46-21-5-2-6-22-46)50-32-34-54-52-24-12-14-26-56(52)60(58(54)36-50)39-43-17-9-10-18-44(43)40-60/h1-36H,37-40H2. The Hall–Kier alpha value is -7.42. The molecule has 0 saturated carbocycles. The van der Waals surface area contributed by atoms with Crippen LogP contribution in [-0.4, -0.2) is 0 Å². The van der Waals surface area contributed by atoms with Crippen molar-refractivity contribution in [3.63, 3.8) is 0 Å². The Balaban J connectivity index is 0.920. The molecule has 13 rings (SSSR count). The minimum Gasteiger partial charge on any atom is -0.310 e. The molecule has 0 amide bonds. The average molecular weight is 793 g/mol. The van der Waals surface area contributed by atoms with E-state index in [0.717, 1.165) is 48.4 Å². The maximum Gasteiger partial charge on any atom is 0.0465 e. The smallest absolute Gasteiger partial charge is 0.0465 e. The zero-order chi connectivity index (χ0) is 40.8. The van der Waals surface area contributed by atoms with Gasteiger partial charge in [-0.05, 0) is 165 Å². The minimum atomic E-state index is -0.0783. The van der Waals surface area contributed by atoms with Crippen molar-refractivity contribution < 1.29 is 0 Å². The molecule has 0 heterocycles. The first kappa shape index (κ1) is 35.3. The second-order valence-corrected chi connectivity index (χ2v) is 17.8. The Bertz CT molecular complexity index is 2930. The van der Waals surface area contributed by atoms with E-state index in [0.29, 0.717) is 0 Å². The van der Waals surface area contributed by atoms with Crippen molar-refractivity contribution in [3.8, 4) is 22.3 Å². The molecule has 0 N–H and O–H groups in total. The maximum absolute atomic E-state index is 2.50. The number of rotatable bonds is 6. The van der Waals surface area contributed by atoms with Crippen molar-refractivity contribution >= 4 is 34.1 Å². The summed E-state index contributed by atoms with van der Waals surface area (Å²) >= 11 is 0. The van der Waals surface area contributed by atoms with Crippen LogP contribution in [-0.2, 0) is 36.5 Å². The van der Waals surface area contributed by atoms with E-state index in [-0.39, 0.29) is 10.8 Å². The molecule has 0 aromatic heterocycles. The lowest BCUT2D eigenvalue weighted by atomic mass is 9.75. The zero-order valence-corrected chi connectivity index (χ0v) is 34.5. The number of nitrogens with zero attached hydrogens (tertiary/aromatic N) is 2. The van der Waals surface area contributed by atoms with Crippen molar-refractivity contribution in [1.82, 2.24) is 0 Å². The average Bonchev–Trinajstić information content (AvgIpc) is 4.07. The number of para-hydroxylation sites is 2. The molecule has 0 radical (unpaired) electrons. The van der Waals surface area contributed by atoms with Gasteiger partial charge in [0.05, 0.1) is 0 Å². The maximum atomic E-state index is 2.50. The topological polar surface area (TPSA) is 6.48 Å². The van der Waals surface area contributed by atoms with Crippen LogP contribution < -0.4 is 9.80 Å². The molecule has 2 spiro atoms. The van der Waals surface area contributed by atoms with Crippen molar-refractivity contribution in [1.29, 1.82) is 0 Å². The van der Waals surface area contributed by atoms with E-state index >= 15 is 0 Å². The summed E-state index contributed by atoms with van der Waals surface area (Å²) in [6.45, 7) is 0. The van der Waals surface area contributed by atoms with Gasteiger partial charge in [-0.1, -0.05) is 146 Å². The molecule has 2 nitrogen and oxygen atoms in total. The van der Waals surface area contributed by atoms with Crippen molar-refractivity contribution in [3.05, 3.63) is 263 Å². The predicted octanol–water partition coefficient (Wildman–Crippen LogP) is 14.8. The molecule has 0 unspecified atom stereocenters. The zero-order valence-electron chi connectivity index (χ0n) is 34.5. The molecule has 294 valence electrons. The first-order chi connectivity index (χ1) is 30.7. The Labute approximate surface area is 364 Å². The molecule has 0 aliphatic heterocycles. The monoisotopic (exact) mass is 792 g/mol. The van der Waals surface area contributed by atoms with E-state index in [9.17, 15) is 0 Å². The van der Waals surface area contributed by atoms with Crippen LogP contribution in [0.3, 0.4) is 0 Å². The molecular formula is C60H44N2. The quantitative estimate of drug-likeness (QED) is 0.165. The number of anilines is 6. The highest BCUT2D eigenvalue weighted by Gasteiger charge is 2.48. The second-order valence-electron chi connectivity index (χ2n) is 17.8. The molecule has 4 aliphatic rings. The van der Waals surface area contributed by atoms with Gasteiger partial charge in [0.25, 0.3) is 0 Å². The van der Waals surface area contributed by atoms with Gasteiger partial charge in [0.1, 0.15) is 0 Å². The molecular weight excluding hydrogens is 749 g/mol. The third-order valence-corrected chi connectivity index (χ3v) is 14.6. The van der Waals surface area contributed by atoms with Gasteiger partial charge in [0.15, 0.2) is 0 Å². The Morgan fingerprint density at radius 1 is 0.242 bits per heavy atom. The molecule has 4 aliphatic carbocycles. The highest BCUT2D eigenvalue weighted by molar-refractivity contribution is 5.89. The summed E-state index contributed by atoms with van der Waals surface area (Å²) in [6, 6.07) is 81.7. The lowest BCUT2D eigenvalue weighted by Gasteiger charge is -2.31. The summed E-state index contributed by atoms with van der Waals surface area (Å²) in [6.07, 6.45) is 4.09. The summed E-state index contributed by atoms with van der Waals surface area (Å²) < 4.78 is 0. The van der Waals surface area contributed by atoms with Crippen LogP contribution in [0.2, 0.25) is 0 Å². The van der Waals surface area contributed by atoms with Crippen LogP contribution in [0.15, 0.2) is 218 Å². The molecule has 0 atom stereocenters. The normalized spacial score (nSPS) is 15.1. The molecule has 0 bridgehead atoms. The summed E-state index contributed by atoms with van der Waals surface area (Å²) in [7, 11) is 0. The molecule has 9 aromatic rings. The Kier molecular flexibility index (Phi) is 7.72. The molecule has 0 fully saturated rings.